The SMILES string of the molecule is C=N/C=C\C(=C/C)Cc1cnc[nH]1. The van der Waals surface area contributed by atoms with Crippen LogP contribution in [0.4, 0.5) is 0 Å². The molecule has 1 aromatic heterocycles. The molecule has 0 saturated carbocycles. The van der Waals surface area contributed by atoms with Crippen molar-refractivity contribution in [3.63, 3.8) is 0 Å². The number of aromatic nitrogens is 2. The summed E-state index contributed by atoms with van der Waals surface area (Å²) in [5.74, 6) is 0. The van der Waals surface area contributed by atoms with Gasteiger partial charge in [-0.15, -0.1) is 0 Å². The van der Waals surface area contributed by atoms with Crippen LogP contribution in [0.25, 0.3) is 0 Å². The molecule has 1 heterocycles. The van der Waals surface area contributed by atoms with Crippen LogP contribution >= 0.6 is 0 Å². The van der Waals surface area contributed by atoms with Crippen LogP contribution in [0.2, 0.25) is 0 Å². The molecular formula is C10H13N3. The molecule has 0 radical (unpaired) electrons. The number of nitrogens with zero attached hydrogens (tertiary/aromatic N) is 2. The highest BCUT2D eigenvalue weighted by Gasteiger charge is 1.95. The van der Waals surface area contributed by atoms with Crippen molar-refractivity contribution in [1.82, 2.24) is 9.97 Å². The first-order chi connectivity index (χ1) is 6.36. The lowest BCUT2D eigenvalue weighted by Gasteiger charge is -1.97. The zero-order valence-corrected chi connectivity index (χ0v) is 7.70. The van der Waals surface area contributed by atoms with Gasteiger partial charge in [0.15, 0.2) is 0 Å². The lowest BCUT2D eigenvalue weighted by molar-refractivity contribution is 1.10. The van der Waals surface area contributed by atoms with Crippen molar-refractivity contribution < 1.29 is 0 Å². The van der Waals surface area contributed by atoms with E-state index in [-0.39, 0.29) is 0 Å². The summed E-state index contributed by atoms with van der Waals surface area (Å²) < 4.78 is 0. The summed E-state index contributed by atoms with van der Waals surface area (Å²) in [4.78, 5) is 10.6. The Morgan fingerprint density at radius 3 is 3.15 bits per heavy atom. The molecule has 0 bridgehead atoms. The topological polar surface area (TPSA) is 41.0 Å². The van der Waals surface area contributed by atoms with E-state index in [0.29, 0.717) is 0 Å². The number of hydrogen-bond donors (Lipinski definition) is 1. The molecule has 0 saturated heterocycles. The molecule has 68 valence electrons. The Kier molecular flexibility index (Phi) is 3.70. The minimum absolute atomic E-state index is 0.850. The minimum atomic E-state index is 0.850. The number of nitrogens with one attached hydrogen (secondary N) is 1. The summed E-state index contributed by atoms with van der Waals surface area (Å²) in [6.07, 6.45) is 10.0. The van der Waals surface area contributed by atoms with E-state index in [2.05, 4.69) is 21.7 Å². The van der Waals surface area contributed by atoms with E-state index >= 15 is 0 Å². The van der Waals surface area contributed by atoms with Gasteiger partial charge in [-0.05, 0) is 25.3 Å². The maximum Gasteiger partial charge on any atom is 0.0921 e. The minimum Gasteiger partial charge on any atom is -0.348 e. The maximum absolute atomic E-state index is 3.95. The first-order valence-corrected chi connectivity index (χ1v) is 4.11. The molecule has 3 heteroatoms. The van der Waals surface area contributed by atoms with Crippen molar-refractivity contribution in [2.75, 3.05) is 0 Å². The van der Waals surface area contributed by atoms with Crippen molar-refractivity contribution in [2.24, 2.45) is 4.99 Å². The van der Waals surface area contributed by atoms with Gasteiger partial charge in [-0.1, -0.05) is 6.08 Å². The first-order valence-electron chi connectivity index (χ1n) is 4.11. The highest BCUT2D eigenvalue weighted by Crippen LogP contribution is 2.05. The average molecular weight is 175 g/mol. The molecule has 3 nitrogen and oxygen atoms in total. The lowest BCUT2D eigenvalue weighted by Crippen LogP contribution is -1.86. The van der Waals surface area contributed by atoms with E-state index in [1.54, 1.807) is 12.5 Å². The van der Waals surface area contributed by atoms with Crippen LogP contribution in [-0.4, -0.2) is 16.7 Å². The normalized spacial score (nSPS) is 12.2. The predicted molar refractivity (Wildman–Crippen MR) is 54.7 cm³/mol. The molecule has 1 N–H and O–H groups in total. The van der Waals surface area contributed by atoms with Crippen LogP contribution in [0.15, 0.2) is 41.4 Å². The van der Waals surface area contributed by atoms with Gasteiger partial charge in [0.2, 0.25) is 0 Å². The van der Waals surface area contributed by atoms with Gasteiger partial charge in [0.25, 0.3) is 0 Å². The average Bonchev–Trinajstić information content (AvgIpc) is 2.64. The largest absolute Gasteiger partial charge is 0.348 e. The van der Waals surface area contributed by atoms with Crippen LogP contribution in [0, 0.1) is 0 Å². The molecule has 0 aromatic carbocycles. The standard InChI is InChI=1S/C10H13N3/c1-3-9(4-5-11-2)6-10-7-12-8-13-10/h3-5,7-8H,2,6H2,1H3,(H,12,13)/b5-4-,9-3+. The van der Waals surface area contributed by atoms with Crippen molar-refractivity contribution >= 4 is 6.72 Å². The Bertz CT molecular complexity index is 307. The monoisotopic (exact) mass is 175 g/mol. The van der Waals surface area contributed by atoms with Crippen LogP contribution in [-0.2, 0) is 6.42 Å². The second kappa shape index (κ2) is 5.09. The summed E-state index contributed by atoms with van der Waals surface area (Å²) in [5.41, 5.74) is 2.29. The van der Waals surface area contributed by atoms with Gasteiger partial charge in [0.1, 0.15) is 0 Å². The van der Waals surface area contributed by atoms with Gasteiger partial charge in [-0.3, -0.25) is 4.99 Å². The fourth-order valence-corrected chi connectivity index (χ4v) is 1.01. The Hall–Kier alpha value is -1.64. The third kappa shape index (κ3) is 3.07. The van der Waals surface area contributed by atoms with Crippen molar-refractivity contribution in [1.29, 1.82) is 0 Å². The summed E-state index contributed by atoms with van der Waals surface area (Å²) in [6.45, 7) is 5.38. The maximum atomic E-state index is 3.95. The quantitative estimate of drug-likeness (QED) is 0.552. The Labute approximate surface area is 77.9 Å². The number of allylic oxidation sites excluding steroid dienone is 3. The molecule has 0 atom stereocenters. The van der Waals surface area contributed by atoms with Crippen molar-refractivity contribution in [2.45, 2.75) is 13.3 Å². The highest BCUT2D eigenvalue weighted by atomic mass is 14.9. The molecule has 0 aliphatic carbocycles. The predicted octanol–water partition coefficient (Wildman–Crippen LogP) is 2.11. The molecule has 0 amide bonds. The van der Waals surface area contributed by atoms with Gasteiger partial charge in [-0.2, -0.15) is 0 Å². The number of aromatic amines is 1. The highest BCUT2D eigenvalue weighted by molar-refractivity contribution is 5.29. The molecule has 0 aliphatic rings. The van der Waals surface area contributed by atoms with E-state index in [4.69, 9.17) is 0 Å². The van der Waals surface area contributed by atoms with Crippen LogP contribution in [0.5, 0.6) is 0 Å². The van der Waals surface area contributed by atoms with E-state index in [0.717, 1.165) is 12.1 Å². The van der Waals surface area contributed by atoms with Gasteiger partial charge < -0.3 is 4.98 Å². The van der Waals surface area contributed by atoms with E-state index < -0.39 is 0 Å². The van der Waals surface area contributed by atoms with Crippen LogP contribution < -0.4 is 0 Å². The first kappa shape index (κ1) is 9.45. The fourth-order valence-electron chi connectivity index (χ4n) is 1.01. The second-order valence-corrected chi connectivity index (χ2v) is 2.62. The van der Waals surface area contributed by atoms with Crippen molar-refractivity contribution in [3.05, 3.63) is 42.1 Å². The Morgan fingerprint density at radius 2 is 2.62 bits per heavy atom. The second-order valence-electron chi connectivity index (χ2n) is 2.62. The number of imidazole rings is 1. The van der Waals surface area contributed by atoms with Gasteiger partial charge >= 0.3 is 0 Å². The van der Waals surface area contributed by atoms with Crippen LogP contribution in [0.1, 0.15) is 12.6 Å². The van der Waals surface area contributed by atoms with Gasteiger partial charge in [0.05, 0.1) is 6.33 Å². The molecule has 0 fully saturated rings. The summed E-state index contributed by atoms with van der Waals surface area (Å²) in [6, 6.07) is 0. The van der Waals surface area contributed by atoms with Crippen molar-refractivity contribution in [3.8, 4) is 0 Å². The number of H-pyrrole nitrogens is 1. The Morgan fingerprint density at radius 1 is 1.77 bits per heavy atom. The summed E-state index contributed by atoms with van der Waals surface area (Å²) in [7, 11) is 0. The zero-order chi connectivity index (χ0) is 9.52. The zero-order valence-electron chi connectivity index (χ0n) is 7.70. The summed E-state index contributed by atoms with van der Waals surface area (Å²) >= 11 is 0. The molecule has 0 aliphatic heterocycles. The Balaban J connectivity index is 2.61. The van der Waals surface area contributed by atoms with Gasteiger partial charge in [0, 0.05) is 24.5 Å². The van der Waals surface area contributed by atoms with Gasteiger partial charge in [-0.25, -0.2) is 4.98 Å². The fraction of sp³-hybridized carbons (Fsp3) is 0.200. The summed E-state index contributed by atoms with van der Waals surface area (Å²) in [5, 5.41) is 0. The third-order valence-corrected chi connectivity index (χ3v) is 1.71. The lowest BCUT2D eigenvalue weighted by atomic mass is 10.1. The smallest absolute Gasteiger partial charge is 0.0921 e. The number of hydrogen-bond acceptors (Lipinski definition) is 2. The molecule has 0 spiro atoms. The molecular weight excluding hydrogens is 162 g/mol. The van der Waals surface area contributed by atoms with E-state index in [9.17, 15) is 0 Å². The molecule has 1 aromatic rings. The van der Waals surface area contributed by atoms with E-state index in [1.165, 1.54) is 5.57 Å². The molecule has 0 unspecified atom stereocenters. The van der Waals surface area contributed by atoms with E-state index in [1.807, 2.05) is 25.3 Å². The third-order valence-electron chi connectivity index (χ3n) is 1.71. The molecule has 13 heavy (non-hydrogen) atoms. The number of rotatable bonds is 4. The van der Waals surface area contributed by atoms with Crippen LogP contribution in [0.3, 0.4) is 0 Å². The molecule has 1 rings (SSSR count). The number of aliphatic imine (C=N–C) groups is 1.